The lowest BCUT2D eigenvalue weighted by Gasteiger charge is -2.35. The average molecular weight is 956 g/mol. The highest BCUT2D eigenvalue weighted by Gasteiger charge is 2.63. The number of carbonyl (C=O) groups is 4. The lowest BCUT2D eigenvalue weighted by atomic mass is 9.85. The van der Waals surface area contributed by atoms with Crippen LogP contribution in [-0.4, -0.2) is 98.9 Å². The fourth-order valence-electron chi connectivity index (χ4n) is 8.35. The van der Waals surface area contributed by atoms with Gasteiger partial charge in [0.1, 0.15) is 29.5 Å². The number of nitrogens with one attached hydrogen (secondary N) is 3. The monoisotopic (exact) mass is 955 g/mol. The zero-order valence-electron chi connectivity index (χ0n) is 36.9. The van der Waals surface area contributed by atoms with Crippen molar-refractivity contribution >= 4 is 44.9 Å². The molecule has 3 fully saturated rings. The van der Waals surface area contributed by atoms with Gasteiger partial charge in [-0.1, -0.05) is 32.4 Å². The molecule has 16 nitrogen and oxygen atoms in total. The molecule has 4 heterocycles. The number of fused-ring (bicyclic) bond motifs is 3. The maximum Gasteiger partial charge on any atom is 0.438 e. The number of benzene rings is 1. The molecule has 1 aromatic carbocycles. The summed E-state index contributed by atoms with van der Waals surface area (Å²) in [5.41, 5.74) is -6.23. The molecule has 360 valence electrons. The second-order valence-electron chi connectivity index (χ2n) is 18.5. The van der Waals surface area contributed by atoms with E-state index >= 15 is 0 Å². The Kier molecular flexibility index (Phi) is 12.7. The molecule has 0 spiro atoms. The number of hydrogen-bond donors (Lipinski definition) is 3. The van der Waals surface area contributed by atoms with Crippen molar-refractivity contribution in [2.75, 3.05) is 6.54 Å². The number of aryl methyl sites for hydroxylation is 1. The van der Waals surface area contributed by atoms with E-state index in [0.717, 1.165) is 4.90 Å². The van der Waals surface area contributed by atoms with Gasteiger partial charge in [-0.2, -0.15) is 26.3 Å². The molecule has 7 rings (SSSR count). The lowest BCUT2D eigenvalue weighted by Crippen LogP contribution is -2.60. The molecule has 3 aromatic rings. The van der Waals surface area contributed by atoms with Crippen LogP contribution in [0.3, 0.4) is 0 Å². The second kappa shape index (κ2) is 17.3. The topological polar surface area (TPSA) is 212 Å². The van der Waals surface area contributed by atoms with Gasteiger partial charge in [-0.15, -0.1) is 0 Å². The largest absolute Gasteiger partial charge is 0.471 e. The minimum atomic E-state index is -5.12. The van der Waals surface area contributed by atoms with Crippen LogP contribution in [0, 0.1) is 24.7 Å². The summed E-state index contributed by atoms with van der Waals surface area (Å²) in [5, 5.41) is 4.96. The van der Waals surface area contributed by atoms with Gasteiger partial charge in [0, 0.05) is 17.9 Å². The summed E-state index contributed by atoms with van der Waals surface area (Å²) in [6, 6.07) is 0.824. The van der Waals surface area contributed by atoms with E-state index in [1.54, 1.807) is 26.0 Å². The maximum absolute atomic E-state index is 15.0. The molecule has 2 aliphatic heterocycles. The van der Waals surface area contributed by atoms with Crippen LogP contribution < -0.4 is 20.1 Å². The van der Waals surface area contributed by atoms with Crippen LogP contribution in [0.5, 0.6) is 5.88 Å². The number of amides is 4. The third-order valence-corrected chi connectivity index (χ3v) is 15.1. The lowest BCUT2D eigenvalue weighted by molar-refractivity contribution is -0.244. The Bertz CT molecular complexity index is 2540. The molecule has 0 unspecified atom stereocenters. The standard InChI is InChI=1S/C43H51F6N7O9S/c1-7-24-16-22(2)10-8-9-11-26-19-41(26,37(59)55-66(61,62)40(6)14-15-40)54-33(57)30-18-27(21-56(30)36(58)31(24)53-38(60)65-39(4,5)43(47,48)49)64-35-32(42(44,45)46)51-28-13-12-25(17-29(28)52-35)34-50-20-23(3)63-34/h9,11-13,17,20,22,24,26-27,30-31H,7-8,10,14-16,18-19,21H2,1-6H3,(H,53,60)(H,54,57)(H,55,59)/b11-9-/t22-,24-,26-,27-,30+,31+,41-/m1/s1. The van der Waals surface area contributed by atoms with E-state index in [2.05, 4.69) is 30.3 Å². The summed E-state index contributed by atoms with van der Waals surface area (Å²) in [4.78, 5) is 69.9. The molecule has 7 atom stereocenters. The van der Waals surface area contributed by atoms with Gasteiger partial charge in [0.15, 0.2) is 0 Å². The molecular formula is C43H51F6N7O9S. The number of oxazole rings is 1. The first-order valence-electron chi connectivity index (χ1n) is 21.6. The molecule has 1 saturated heterocycles. The Labute approximate surface area is 376 Å². The first-order chi connectivity index (χ1) is 30.7. The number of aromatic nitrogens is 3. The number of allylic oxidation sites excluding steroid dienone is 1. The minimum Gasteiger partial charge on any atom is -0.471 e. The van der Waals surface area contributed by atoms with E-state index in [0.29, 0.717) is 50.9 Å². The van der Waals surface area contributed by atoms with Gasteiger partial charge in [-0.05, 0) is 96.3 Å². The van der Waals surface area contributed by atoms with Crippen molar-refractivity contribution in [3.05, 3.63) is 48.0 Å². The third kappa shape index (κ3) is 9.81. The van der Waals surface area contributed by atoms with Gasteiger partial charge >= 0.3 is 18.4 Å². The van der Waals surface area contributed by atoms with Gasteiger partial charge in [-0.25, -0.2) is 28.2 Å². The smallest absolute Gasteiger partial charge is 0.438 e. The van der Waals surface area contributed by atoms with E-state index < -0.39 is 117 Å². The zero-order valence-corrected chi connectivity index (χ0v) is 37.7. The zero-order chi connectivity index (χ0) is 48.4. The first kappa shape index (κ1) is 48.5. The molecule has 3 N–H and O–H groups in total. The number of alkyl carbamates (subject to hydrolysis) is 1. The molecule has 2 saturated carbocycles. The fraction of sp³-hybridized carbons (Fsp3) is 0.605. The van der Waals surface area contributed by atoms with Crippen molar-refractivity contribution in [1.29, 1.82) is 0 Å². The number of carbonyl (C=O) groups excluding carboxylic acids is 4. The number of hydrogen-bond acceptors (Lipinski definition) is 12. The van der Waals surface area contributed by atoms with Crippen LogP contribution in [0.4, 0.5) is 31.1 Å². The summed E-state index contributed by atoms with van der Waals surface area (Å²) in [7, 11) is -4.20. The number of nitrogens with zero attached hydrogens (tertiary/aromatic N) is 4. The quantitative estimate of drug-likeness (QED) is 0.152. The summed E-state index contributed by atoms with van der Waals surface area (Å²) in [5.74, 6) is -5.06. The Morgan fingerprint density at radius 2 is 1.77 bits per heavy atom. The van der Waals surface area contributed by atoms with E-state index in [1.807, 2.05) is 6.92 Å². The molecule has 2 aliphatic carbocycles. The van der Waals surface area contributed by atoms with Gasteiger partial charge in [0.05, 0.1) is 28.5 Å². The van der Waals surface area contributed by atoms with Crippen molar-refractivity contribution in [2.24, 2.45) is 17.8 Å². The van der Waals surface area contributed by atoms with Crippen LogP contribution in [0.1, 0.15) is 97.4 Å². The van der Waals surface area contributed by atoms with E-state index in [-0.39, 0.29) is 42.1 Å². The highest BCUT2D eigenvalue weighted by Crippen LogP contribution is 2.48. The number of sulfonamides is 1. The SMILES string of the molecule is CC[C@@H]1C[C@H](C)CC/C=C\[C@@H]2C[C@@]2(C(=O)NS(=O)(=O)C2(C)CC2)NC(=O)[C@@H]2C[C@@H](Oc3nc4cc(-c5ncc(C)o5)ccc4nc3C(F)(F)F)CN2C(=O)[C@H]1NC(=O)OC(C)(C)C(F)(F)F. The van der Waals surface area contributed by atoms with Gasteiger partial charge in [0.2, 0.25) is 44.9 Å². The van der Waals surface area contributed by atoms with Crippen LogP contribution in [0.15, 0.2) is 41.0 Å². The summed E-state index contributed by atoms with van der Waals surface area (Å²) >= 11 is 0. The van der Waals surface area contributed by atoms with Gasteiger partial charge in [-0.3, -0.25) is 19.1 Å². The summed E-state index contributed by atoms with van der Waals surface area (Å²) in [6.45, 7) is 7.29. The Morgan fingerprint density at radius 3 is 2.39 bits per heavy atom. The number of ether oxygens (including phenoxy) is 2. The Balaban J connectivity index is 1.28. The highest BCUT2D eigenvalue weighted by atomic mass is 32.2. The molecule has 4 aliphatic rings. The Hall–Kier alpha value is -5.48. The van der Waals surface area contributed by atoms with Crippen LogP contribution in [0.2, 0.25) is 0 Å². The van der Waals surface area contributed by atoms with Crippen LogP contribution >= 0.6 is 0 Å². The predicted molar refractivity (Wildman–Crippen MR) is 222 cm³/mol. The van der Waals surface area contributed by atoms with Crippen molar-refractivity contribution in [2.45, 2.75) is 139 Å². The second-order valence-corrected chi connectivity index (χ2v) is 20.7. The van der Waals surface area contributed by atoms with Gasteiger partial charge in [0.25, 0.3) is 5.91 Å². The average Bonchev–Trinajstić information content (AvgIpc) is 4.02. The third-order valence-electron chi connectivity index (χ3n) is 13.0. The number of rotatable bonds is 9. The fourth-order valence-corrected chi connectivity index (χ4v) is 9.66. The first-order valence-corrected chi connectivity index (χ1v) is 23.1. The van der Waals surface area contributed by atoms with Crippen molar-refractivity contribution in [3.8, 4) is 17.3 Å². The summed E-state index contributed by atoms with van der Waals surface area (Å²) < 4.78 is 129. The van der Waals surface area contributed by atoms with Crippen LogP contribution in [-0.2, 0) is 35.3 Å². The molecule has 2 aromatic heterocycles. The normalized spacial score (nSPS) is 27.7. The molecule has 0 bridgehead atoms. The molecule has 23 heteroatoms. The van der Waals surface area contributed by atoms with Crippen molar-refractivity contribution in [1.82, 2.24) is 35.2 Å². The Morgan fingerprint density at radius 1 is 1.06 bits per heavy atom. The number of alkyl halides is 6. The molecule has 4 amide bonds. The van der Waals surface area contributed by atoms with E-state index in [9.17, 15) is 53.9 Å². The van der Waals surface area contributed by atoms with E-state index in [4.69, 9.17) is 13.9 Å². The molecule has 0 radical (unpaired) electrons. The minimum absolute atomic E-state index is 0.0386. The predicted octanol–water partition coefficient (Wildman–Crippen LogP) is 6.67. The van der Waals surface area contributed by atoms with Crippen LogP contribution in [0.25, 0.3) is 22.5 Å². The molecule has 66 heavy (non-hydrogen) atoms. The highest BCUT2D eigenvalue weighted by molar-refractivity contribution is 7.91. The van der Waals surface area contributed by atoms with E-state index in [1.165, 1.54) is 31.3 Å². The van der Waals surface area contributed by atoms with Crippen molar-refractivity contribution in [3.63, 3.8) is 0 Å². The number of halogens is 6. The maximum atomic E-state index is 15.0. The van der Waals surface area contributed by atoms with Crippen molar-refractivity contribution < 1.29 is 67.8 Å². The summed E-state index contributed by atoms with van der Waals surface area (Å²) in [6.07, 6.45) is -6.83. The van der Waals surface area contributed by atoms with Gasteiger partial charge < -0.3 is 29.4 Å². The molecular weight excluding hydrogens is 905 g/mol.